The molecular weight excluding hydrogens is 264 g/mol. The number of nitrogens with zero attached hydrogens (tertiary/aromatic N) is 2. The third-order valence-electron chi connectivity index (χ3n) is 4.92. The normalized spacial score (nSPS) is 23.5. The van der Waals surface area contributed by atoms with E-state index in [0.717, 1.165) is 43.5 Å². The lowest BCUT2D eigenvalue weighted by atomic mass is 10.0. The first-order valence-corrected chi connectivity index (χ1v) is 8.37. The summed E-state index contributed by atoms with van der Waals surface area (Å²) in [5.74, 6) is 3.21. The largest absolute Gasteiger partial charge is 0.356 e. The monoisotopic (exact) mass is 288 g/mol. The SMILES string of the molecule is O=c1cc(N2CCC(NCC3CC3)CC2)nc(C2CC2)[nH]1. The summed E-state index contributed by atoms with van der Waals surface area (Å²) in [5, 5.41) is 3.69. The van der Waals surface area contributed by atoms with Crippen molar-refractivity contribution in [1.82, 2.24) is 15.3 Å². The van der Waals surface area contributed by atoms with E-state index in [4.69, 9.17) is 0 Å². The van der Waals surface area contributed by atoms with Crippen molar-refractivity contribution in [2.24, 2.45) is 5.92 Å². The lowest BCUT2D eigenvalue weighted by molar-refractivity contribution is 0.407. The fourth-order valence-electron chi connectivity index (χ4n) is 3.14. The predicted octanol–water partition coefficient (Wildman–Crippen LogP) is 1.62. The van der Waals surface area contributed by atoms with E-state index in [-0.39, 0.29) is 5.56 Å². The van der Waals surface area contributed by atoms with Gasteiger partial charge in [0.2, 0.25) is 0 Å². The minimum Gasteiger partial charge on any atom is -0.356 e. The topological polar surface area (TPSA) is 61.0 Å². The van der Waals surface area contributed by atoms with Crippen LogP contribution in [0.5, 0.6) is 0 Å². The first kappa shape index (κ1) is 13.3. The maximum absolute atomic E-state index is 11.8. The number of piperidine rings is 1. The molecule has 0 amide bonds. The number of anilines is 1. The Hall–Kier alpha value is -1.36. The van der Waals surface area contributed by atoms with Gasteiger partial charge in [-0.25, -0.2) is 4.98 Å². The zero-order valence-electron chi connectivity index (χ0n) is 12.5. The molecule has 0 aromatic carbocycles. The van der Waals surface area contributed by atoms with Crippen LogP contribution in [0.3, 0.4) is 0 Å². The molecule has 0 bridgehead atoms. The number of H-pyrrole nitrogens is 1. The van der Waals surface area contributed by atoms with Crippen LogP contribution in [0.2, 0.25) is 0 Å². The van der Waals surface area contributed by atoms with Crippen LogP contribution in [0.15, 0.2) is 10.9 Å². The predicted molar refractivity (Wildman–Crippen MR) is 82.8 cm³/mol. The van der Waals surface area contributed by atoms with E-state index in [2.05, 4.69) is 20.2 Å². The molecule has 3 aliphatic rings. The van der Waals surface area contributed by atoms with Gasteiger partial charge in [-0.2, -0.15) is 0 Å². The second kappa shape index (κ2) is 5.44. The quantitative estimate of drug-likeness (QED) is 0.864. The van der Waals surface area contributed by atoms with E-state index < -0.39 is 0 Å². The summed E-state index contributed by atoms with van der Waals surface area (Å²) in [6, 6.07) is 2.30. The Morgan fingerprint density at radius 2 is 1.95 bits per heavy atom. The van der Waals surface area contributed by atoms with Gasteiger partial charge in [-0.15, -0.1) is 0 Å². The molecule has 21 heavy (non-hydrogen) atoms. The van der Waals surface area contributed by atoms with Gasteiger partial charge in [0.1, 0.15) is 11.6 Å². The van der Waals surface area contributed by atoms with Crippen molar-refractivity contribution in [2.75, 3.05) is 24.5 Å². The highest BCUT2D eigenvalue weighted by Gasteiger charge is 2.28. The van der Waals surface area contributed by atoms with E-state index in [9.17, 15) is 4.79 Å². The van der Waals surface area contributed by atoms with Crippen LogP contribution < -0.4 is 15.8 Å². The minimum absolute atomic E-state index is 0.00381. The van der Waals surface area contributed by atoms with Crippen LogP contribution in [-0.4, -0.2) is 35.6 Å². The molecule has 0 radical (unpaired) electrons. The standard InChI is InChI=1S/C16H24N4O/c21-15-9-14(18-16(19-15)12-3-4-12)20-7-5-13(6-8-20)17-10-11-1-2-11/h9,11-13,17H,1-8,10H2,(H,18,19,21). The number of aromatic nitrogens is 2. The van der Waals surface area contributed by atoms with E-state index in [1.165, 1.54) is 32.2 Å². The molecule has 5 heteroatoms. The number of nitrogens with one attached hydrogen (secondary N) is 2. The van der Waals surface area contributed by atoms with E-state index >= 15 is 0 Å². The number of aromatic amines is 1. The Balaban J connectivity index is 1.37. The second-order valence-corrected chi connectivity index (χ2v) is 6.88. The Labute approximate surface area is 125 Å². The minimum atomic E-state index is -0.00381. The van der Waals surface area contributed by atoms with Crippen molar-refractivity contribution in [1.29, 1.82) is 0 Å². The van der Waals surface area contributed by atoms with E-state index in [1.54, 1.807) is 6.07 Å². The third-order valence-corrected chi connectivity index (χ3v) is 4.92. The lowest BCUT2D eigenvalue weighted by Crippen LogP contribution is -2.43. The lowest BCUT2D eigenvalue weighted by Gasteiger charge is -2.33. The molecule has 2 N–H and O–H groups in total. The van der Waals surface area contributed by atoms with Crippen LogP contribution in [0.1, 0.15) is 50.3 Å². The van der Waals surface area contributed by atoms with Gasteiger partial charge in [-0.3, -0.25) is 4.79 Å². The highest BCUT2D eigenvalue weighted by molar-refractivity contribution is 5.38. The molecule has 1 aromatic heterocycles. The molecule has 0 unspecified atom stereocenters. The van der Waals surface area contributed by atoms with Crippen molar-refractivity contribution < 1.29 is 0 Å². The number of hydrogen-bond acceptors (Lipinski definition) is 4. The summed E-state index contributed by atoms with van der Waals surface area (Å²) < 4.78 is 0. The molecule has 3 fully saturated rings. The van der Waals surface area contributed by atoms with E-state index in [0.29, 0.717) is 12.0 Å². The molecule has 2 heterocycles. The Morgan fingerprint density at radius 1 is 1.19 bits per heavy atom. The van der Waals surface area contributed by atoms with Crippen LogP contribution >= 0.6 is 0 Å². The smallest absolute Gasteiger partial charge is 0.252 e. The van der Waals surface area contributed by atoms with Crippen LogP contribution in [0.4, 0.5) is 5.82 Å². The van der Waals surface area contributed by atoms with Gasteiger partial charge in [0, 0.05) is 31.1 Å². The molecule has 2 saturated carbocycles. The Bertz CT molecular complexity index is 554. The Morgan fingerprint density at radius 3 is 2.62 bits per heavy atom. The molecule has 4 rings (SSSR count). The summed E-state index contributed by atoms with van der Waals surface area (Å²) in [6.07, 6.45) is 7.46. The molecule has 114 valence electrons. The van der Waals surface area contributed by atoms with Crippen molar-refractivity contribution in [3.05, 3.63) is 22.2 Å². The fourth-order valence-corrected chi connectivity index (χ4v) is 3.14. The summed E-state index contributed by atoms with van der Waals surface area (Å²) in [6.45, 7) is 3.20. The molecule has 5 nitrogen and oxygen atoms in total. The first-order chi connectivity index (χ1) is 10.3. The van der Waals surface area contributed by atoms with Gasteiger partial charge in [0.15, 0.2) is 0 Å². The summed E-state index contributed by atoms with van der Waals surface area (Å²) in [5.41, 5.74) is -0.00381. The van der Waals surface area contributed by atoms with Gasteiger partial charge >= 0.3 is 0 Å². The zero-order valence-corrected chi connectivity index (χ0v) is 12.5. The fraction of sp³-hybridized carbons (Fsp3) is 0.750. The molecule has 1 saturated heterocycles. The average Bonchev–Trinajstić information content (AvgIpc) is 3.39. The Kier molecular flexibility index (Phi) is 3.45. The average molecular weight is 288 g/mol. The maximum Gasteiger partial charge on any atom is 0.252 e. The zero-order chi connectivity index (χ0) is 14.2. The van der Waals surface area contributed by atoms with Crippen molar-refractivity contribution in [3.8, 4) is 0 Å². The molecule has 2 aliphatic carbocycles. The van der Waals surface area contributed by atoms with Crippen molar-refractivity contribution >= 4 is 5.82 Å². The van der Waals surface area contributed by atoms with Gasteiger partial charge < -0.3 is 15.2 Å². The molecule has 0 spiro atoms. The summed E-state index contributed by atoms with van der Waals surface area (Å²) in [7, 11) is 0. The van der Waals surface area contributed by atoms with Gasteiger partial charge in [0.25, 0.3) is 5.56 Å². The number of rotatable bonds is 5. The summed E-state index contributed by atoms with van der Waals surface area (Å²) >= 11 is 0. The van der Waals surface area contributed by atoms with Crippen LogP contribution in [0.25, 0.3) is 0 Å². The second-order valence-electron chi connectivity index (χ2n) is 6.88. The molecule has 0 atom stereocenters. The molecule has 1 aromatic rings. The van der Waals surface area contributed by atoms with Crippen molar-refractivity contribution in [2.45, 2.75) is 50.5 Å². The highest BCUT2D eigenvalue weighted by atomic mass is 16.1. The van der Waals surface area contributed by atoms with Gasteiger partial charge in [-0.05, 0) is 51.0 Å². The summed E-state index contributed by atoms with van der Waals surface area (Å²) in [4.78, 5) is 21.6. The highest BCUT2D eigenvalue weighted by Crippen LogP contribution is 2.38. The van der Waals surface area contributed by atoms with Crippen molar-refractivity contribution in [3.63, 3.8) is 0 Å². The van der Waals surface area contributed by atoms with Crippen LogP contribution in [0, 0.1) is 5.92 Å². The number of hydrogen-bond donors (Lipinski definition) is 2. The molecule has 1 aliphatic heterocycles. The van der Waals surface area contributed by atoms with Crippen LogP contribution in [-0.2, 0) is 0 Å². The van der Waals surface area contributed by atoms with Gasteiger partial charge in [0.05, 0.1) is 0 Å². The van der Waals surface area contributed by atoms with Gasteiger partial charge in [-0.1, -0.05) is 0 Å². The first-order valence-electron chi connectivity index (χ1n) is 8.37. The van der Waals surface area contributed by atoms with E-state index in [1.807, 2.05) is 0 Å². The molecular formula is C16H24N4O. The third kappa shape index (κ3) is 3.28. The maximum atomic E-state index is 11.8.